The molecule has 0 aliphatic heterocycles. The minimum absolute atomic E-state index is 0.0204. The smallest absolute Gasteiger partial charge is 0.379 e. The summed E-state index contributed by atoms with van der Waals surface area (Å²) in [5.41, 5.74) is -0.00277. The van der Waals surface area contributed by atoms with Crippen molar-refractivity contribution in [1.29, 1.82) is 0 Å². The van der Waals surface area contributed by atoms with Crippen LogP contribution in [0.5, 0.6) is 0 Å². The lowest BCUT2D eigenvalue weighted by Gasteiger charge is -2.16. The molecule has 28 heavy (non-hydrogen) atoms. The van der Waals surface area contributed by atoms with Gasteiger partial charge in [0.2, 0.25) is 0 Å². The number of benzene rings is 1. The number of alkyl halides is 3. The van der Waals surface area contributed by atoms with Gasteiger partial charge in [-0.05, 0) is 24.0 Å². The van der Waals surface area contributed by atoms with Crippen molar-refractivity contribution in [3.8, 4) is 0 Å². The van der Waals surface area contributed by atoms with E-state index in [1.165, 1.54) is 12.1 Å². The van der Waals surface area contributed by atoms with E-state index >= 15 is 0 Å². The van der Waals surface area contributed by atoms with Crippen molar-refractivity contribution in [2.45, 2.75) is 25.4 Å². The maximum Gasteiger partial charge on any atom is 0.416 e. The number of sulfone groups is 1. The summed E-state index contributed by atoms with van der Waals surface area (Å²) in [6, 6.07) is 5.37. The van der Waals surface area contributed by atoms with Gasteiger partial charge in [0, 0.05) is 26.4 Å². The normalized spacial score (nSPS) is 14.0. The number of halogens is 3. The second kappa shape index (κ2) is 11.3. The van der Waals surface area contributed by atoms with Gasteiger partial charge >= 0.3 is 6.18 Å². The molecule has 6 nitrogen and oxygen atoms in total. The average molecular weight is 424 g/mol. The van der Waals surface area contributed by atoms with Gasteiger partial charge in [0.1, 0.15) is 9.84 Å². The van der Waals surface area contributed by atoms with Crippen molar-refractivity contribution < 1.29 is 26.3 Å². The van der Waals surface area contributed by atoms with E-state index in [-0.39, 0.29) is 18.3 Å². The Bertz CT molecular complexity index is 737. The first-order valence-corrected chi connectivity index (χ1v) is 11.0. The molecule has 0 saturated heterocycles. The molecule has 1 aromatic carbocycles. The van der Waals surface area contributed by atoms with Crippen LogP contribution in [0.25, 0.3) is 0 Å². The highest BCUT2D eigenvalue weighted by molar-refractivity contribution is 7.90. The summed E-state index contributed by atoms with van der Waals surface area (Å²) in [6.45, 7) is 3.33. The SMILES string of the molecule is CN=C(NCCOCCS(C)(=O)=O)NCCC(C)c1cccc(C(F)(F)F)c1. The van der Waals surface area contributed by atoms with Crippen LogP contribution in [-0.4, -0.2) is 59.7 Å². The molecule has 0 radical (unpaired) electrons. The number of nitrogens with zero attached hydrogens (tertiary/aromatic N) is 1. The number of ether oxygens (including phenoxy) is 1. The zero-order valence-corrected chi connectivity index (χ0v) is 17.2. The van der Waals surface area contributed by atoms with Crippen LogP contribution >= 0.6 is 0 Å². The molecule has 0 saturated carbocycles. The van der Waals surface area contributed by atoms with Crippen LogP contribution in [0.15, 0.2) is 29.3 Å². The van der Waals surface area contributed by atoms with Gasteiger partial charge in [-0.1, -0.05) is 25.1 Å². The Hall–Kier alpha value is -1.81. The van der Waals surface area contributed by atoms with Crippen LogP contribution in [0.3, 0.4) is 0 Å². The quantitative estimate of drug-likeness (QED) is 0.343. The van der Waals surface area contributed by atoms with Crippen LogP contribution in [0.4, 0.5) is 13.2 Å². The second-order valence-corrected chi connectivity index (χ2v) is 8.74. The molecule has 1 atom stereocenters. The Morgan fingerprint density at radius 2 is 1.89 bits per heavy atom. The first-order chi connectivity index (χ1) is 13.0. The lowest BCUT2D eigenvalue weighted by molar-refractivity contribution is -0.137. The molecule has 0 aromatic heterocycles. The van der Waals surface area contributed by atoms with E-state index in [1.54, 1.807) is 13.1 Å². The first kappa shape index (κ1) is 24.2. The molecule has 0 spiro atoms. The van der Waals surface area contributed by atoms with Gasteiger partial charge in [-0.15, -0.1) is 0 Å². The Morgan fingerprint density at radius 1 is 1.21 bits per heavy atom. The molecular formula is C18H28F3N3O3S. The van der Waals surface area contributed by atoms with Crippen molar-refractivity contribution >= 4 is 15.8 Å². The Balaban J connectivity index is 2.33. The molecule has 0 fully saturated rings. The number of hydrogen-bond donors (Lipinski definition) is 2. The molecule has 1 rings (SSSR count). The molecule has 0 amide bonds. The molecule has 0 bridgehead atoms. The summed E-state index contributed by atoms with van der Waals surface area (Å²) in [4.78, 5) is 4.06. The molecule has 0 aliphatic rings. The Labute approximate surface area is 164 Å². The fourth-order valence-corrected chi connectivity index (χ4v) is 2.79. The summed E-state index contributed by atoms with van der Waals surface area (Å²) in [7, 11) is -1.42. The highest BCUT2D eigenvalue weighted by Crippen LogP contribution is 2.31. The summed E-state index contributed by atoms with van der Waals surface area (Å²) in [5, 5.41) is 6.12. The van der Waals surface area contributed by atoms with E-state index in [0.717, 1.165) is 12.3 Å². The molecule has 0 heterocycles. The van der Waals surface area contributed by atoms with Crippen molar-refractivity contribution in [2.24, 2.45) is 4.99 Å². The average Bonchev–Trinajstić information content (AvgIpc) is 2.61. The van der Waals surface area contributed by atoms with Crippen molar-refractivity contribution in [2.75, 3.05) is 45.4 Å². The monoisotopic (exact) mass is 423 g/mol. The maximum absolute atomic E-state index is 12.8. The fraction of sp³-hybridized carbons (Fsp3) is 0.611. The number of aliphatic imine (C=N–C) groups is 1. The molecule has 2 N–H and O–H groups in total. The largest absolute Gasteiger partial charge is 0.416 e. The molecule has 1 unspecified atom stereocenters. The standard InChI is InChI=1S/C18H28F3N3O3S/c1-14(15-5-4-6-16(13-15)18(19,20)21)7-8-23-17(22-2)24-9-10-27-11-12-28(3,25)26/h4-6,13-14H,7-12H2,1-3H3,(H2,22,23,24). The third-order valence-electron chi connectivity index (χ3n) is 4.01. The topological polar surface area (TPSA) is 79.8 Å². The summed E-state index contributed by atoms with van der Waals surface area (Å²) < 4.78 is 65.6. The first-order valence-electron chi connectivity index (χ1n) is 8.90. The van der Waals surface area contributed by atoms with E-state index in [0.29, 0.717) is 37.6 Å². The van der Waals surface area contributed by atoms with E-state index in [1.807, 2.05) is 6.92 Å². The van der Waals surface area contributed by atoms with E-state index < -0.39 is 21.6 Å². The van der Waals surface area contributed by atoms with Gasteiger partial charge in [0.15, 0.2) is 5.96 Å². The lowest BCUT2D eigenvalue weighted by atomic mass is 9.96. The maximum atomic E-state index is 12.8. The summed E-state index contributed by atoms with van der Waals surface area (Å²) >= 11 is 0. The number of rotatable bonds is 10. The van der Waals surface area contributed by atoms with Gasteiger partial charge in [0.25, 0.3) is 0 Å². The zero-order chi connectivity index (χ0) is 21.2. The van der Waals surface area contributed by atoms with Crippen LogP contribution in [-0.2, 0) is 20.8 Å². The van der Waals surface area contributed by atoms with Gasteiger partial charge in [0.05, 0.1) is 24.5 Å². The van der Waals surface area contributed by atoms with E-state index in [4.69, 9.17) is 4.74 Å². The van der Waals surface area contributed by atoms with Crippen molar-refractivity contribution in [3.63, 3.8) is 0 Å². The molecular weight excluding hydrogens is 395 g/mol. The highest BCUT2D eigenvalue weighted by Gasteiger charge is 2.30. The predicted octanol–water partition coefficient (Wildman–Crippen LogP) is 2.43. The zero-order valence-electron chi connectivity index (χ0n) is 16.3. The molecule has 1 aromatic rings. The fourth-order valence-electron chi connectivity index (χ4n) is 2.37. The van der Waals surface area contributed by atoms with Crippen LogP contribution in [0.2, 0.25) is 0 Å². The Morgan fingerprint density at radius 3 is 2.50 bits per heavy atom. The van der Waals surface area contributed by atoms with Gasteiger partial charge < -0.3 is 15.4 Å². The molecule has 160 valence electrons. The molecule has 0 aliphatic carbocycles. The predicted molar refractivity (Wildman–Crippen MR) is 104 cm³/mol. The van der Waals surface area contributed by atoms with E-state index in [2.05, 4.69) is 15.6 Å². The summed E-state index contributed by atoms with van der Waals surface area (Å²) in [6.07, 6.45) is -2.56. The van der Waals surface area contributed by atoms with Crippen LogP contribution in [0.1, 0.15) is 30.4 Å². The van der Waals surface area contributed by atoms with E-state index in [9.17, 15) is 21.6 Å². The summed E-state index contributed by atoms with van der Waals surface area (Å²) in [5.74, 6) is 0.475. The van der Waals surface area contributed by atoms with Crippen LogP contribution in [0, 0.1) is 0 Å². The lowest BCUT2D eigenvalue weighted by Crippen LogP contribution is -2.39. The third-order valence-corrected chi connectivity index (χ3v) is 4.92. The van der Waals surface area contributed by atoms with Crippen molar-refractivity contribution in [1.82, 2.24) is 10.6 Å². The minimum Gasteiger partial charge on any atom is -0.379 e. The second-order valence-electron chi connectivity index (χ2n) is 6.48. The number of guanidine groups is 1. The van der Waals surface area contributed by atoms with Gasteiger partial charge in [-0.3, -0.25) is 4.99 Å². The molecule has 10 heteroatoms. The highest BCUT2D eigenvalue weighted by atomic mass is 32.2. The van der Waals surface area contributed by atoms with Gasteiger partial charge in [-0.2, -0.15) is 13.2 Å². The third kappa shape index (κ3) is 9.93. The minimum atomic E-state index is -4.34. The number of nitrogens with one attached hydrogen (secondary N) is 2. The van der Waals surface area contributed by atoms with Crippen LogP contribution < -0.4 is 10.6 Å². The Kier molecular flexibility index (Phi) is 9.74. The van der Waals surface area contributed by atoms with Crippen molar-refractivity contribution in [3.05, 3.63) is 35.4 Å². The number of hydrogen-bond acceptors (Lipinski definition) is 4. The van der Waals surface area contributed by atoms with Gasteiger partial charge in [-0.25, -0.2) is 8.42 Å².